The number of sulfone groups is 1. The van der Waals surface area contributed by atoms with E-state index in [1.54, 1.807) is 13.8 Å². The number of benzene rings is 1. The van der Waals surface area contributed by atoms with Crippen molar-refractivity contribution in [1.82, 2.24) is 14.5 Å². The van der Waals surface area contributed by atoms with Crippen LogP contribution in [0.3, 0.4) is 0 Å². The first kappa shape index (κ1) is 22.8. The predicted octanol–water partition coefficient (Wildman–Crippen LogP) is 3.15. The Kier molecular flexibility index (Phi) is 4.86. The zero-order valence-electron chi connectivity index (χ0n) is 18.2. The van der Waals surface area contributed by atoms with Crippen LogP contribution in [0.2, 0.25) is 0 Å². The lowest BCUT2D eigenvalue weighted by Gasteiger charge is -2.21. The number of fused-ring (bicyclic) bond motifs is 2. The maximum absolute atomic E-state index is 14.3. The Morgan fingerprint density at radius 3 is 2.65 bits per heavy atom. The number of aliphatic hydroxyl groups is 1. The van der Waals surface area contributed by atoms with Gasteiger partial charge in [-0.15, -0.1) is 0 Å². The molecule has 0 radical (unpaired) electrons. The quantitative estimate of drug-likeness (QED) is 0.560. The number of nitrogens with zero attached hydrogens (tertiary/aromatic N) is 3. The lowest BCUT2D eigenvalue weighted by Crippen LogP contribution is -2.31. The fourth-order valence-corrected chi connectivity index (χ4v) is 5.97. The molecular formula is C22H21F3N4O4S. The maximum atomic E-state index is 14.3. The Morgan fingerprint density at radius 2 is 2.00 bits per heavy atom. The smallest absolute Gasteiger partial charge is 0.379 e. The molecule has 1 saturated carbocycles. The van der Waals surface area contributed by atoms with E-state index in [1.165, 1.54) is 29.0 Å². The van der Waals surface area contributed by atoms with Crippen molar-refractivity contribution in [3.8, 4) is 0 Å². The average Bonchev–Trinajstić information content (AvgIpc) is 3.55. The van der Waals surface area contributed by atoms with Crippen LogP contribution in [0.4, 0.5) is 19.0 Å². The van der Waals surface area contributed by atoms with Gasteiger partial charge in [-0.2, -0.15) is 8.78 Å². The zero-order valence-corrected chi connectivity index (χ0v) is 19.0. The summed E-state index contributed by atoms with van der Waals surface area (Å²) in [5.41, 5.74) is -1.16. The second-order valence-electron chi connectivity index (χ2n) is 8.85. The van der Waals surface area contributed by atoms with Crippen molar-refractivity contribution in [2.75, 3.05) is 12.0 Å². The first-order valence-corrected chi connectivity index (χ1v) is 12.1. The monoisotopic (exact) mass is 494 g/mol. The van der Waals surface area contributed by atoms with E-state index in [0.29, 0.717) is 29.6 Å². The second kappa shape index (κ2) is 7.25. The van der Waals surface area contributed by atoms with Gasteiger partial charge in [0.1, 0.15) is 18.3 Å². The van der Waals surface area contributed by atoms with Gasteiger partial charge in [0.05, 0.1) is 27.4 Å². The van der Waals surface area contributed by atoms with Gasteiger partial charge in [0.2, 0.25) is 9.84 Å². The lowest BCUT2D eigenvalue weighted by molar-refractivity contribution is -0.0380. The summed E-state index contributed by atoms with van der Waals surface area (Å²) < 4.78 is 68.1. The van der Waals surface area contributed by atoms with E-state index in [0.717, 1.165) is 6.07 Å². The predicted molar refractivity (Wildman–Crippen MR) is 117 cm³/mol. The van der Waals surface area contributed by atoms with Crippen LogP contribution in [0.15, 0.2) is 40.2 Å². The van der Waals surface area contributed by atoms with Gasteiger partial charge in [-0.3, -0.25) is 4.79 Å². The van der Waals surface area contributed by atoms with Gasteiger partial charge >= 0.3 is 5.25 Å². The summed E-state index contributed by atoms with van der Waals surface area (Å²) in [4.78, 5) is 20.6. The number of aryl methyl sites for hydroxylation is 1. The molecular weight excluding hydrogens is 473 g/mol. The molecule has 2 atom stereocenters. The fraction of sp³-hybridized carbons (Fsp3) is 0.409. The Balaban J connectivity index is 1.61. The van der Waals surface area contributed by atoms with Crippen LogP contribution in [0, 0.1) is 6.92 Å². The highest BCUT2D eigenvalue weighted by Crippen LogP contribution is 2.51. The molecule has 3 aromatic rings. The Bertz CT molecular complexity index is 1500. The molecule has 1 fully saturated rings. The lowest BCUT2D eigenvalue weighted by atomic mass is 9.97. The van der Waals surface area contributed by atoms with Crippen molar-refractivity contribution in [1.29, 1.82) is 0 Å². The molecule has 0 amide bonds. The van der Waals surface area contributed by atoms with E-state index in [4.69, 9.17) is 0 Å². The van der Waals surface area contributed by atoms with Gasteiger partial charge in [-0.25, -0.2) is 22.8 Å². The molecule has 5 rings (SSSR count). The molecule has 1 aliphatic carbocycles. The summed E-state index contributed by atoms with van der Waals surface area (Å²) in [7, 11) is -5.04. The molecule has 8 nitrogen and oxygen atoms in total. The topological polar surface area (TPSA) is 114 Å². The van der Waals surface area contributed by atoms with Crippen molar-refractivity contribution < 1.29 is 26.7 Å². The summed E-state index contributed by atoms with van der Waals surface area (Å²) in [5, 5.41) is 9.34. The molecule has 12 heteroatoms. The summed E-state index contributed by atoms with van der Waals surface area (Å²) >= 11 is 0. The number of alkyl halides is 3. The zero-order chi connectivity index (χ0) is 24.6. The molecule has 2 N–H and O–H groups in total. The number of aromatic nitrogens is 3. The van der Waals surface area contributed by atoms with E-state index in [9.17, 15) is 31.5 Å². The highest BCUT2D eigenvalue weighted by molar-refractivity contribution is 7.92. The Morgan fingerprint density at radius 1 is 1.29 bits per heavy atom. The van der Waals surface area contributed by atoms with Crippen LogP contribution < -0.4 is 10.9 Å². The van der Waals surface area contributed by atoms with E-state index in [2.05, 4.69) is 15.3 Å². The summed E-state index contributed by atoms with van der Waals surface area (Å²) in [5.74, 6) is 0.594. The van der Waals surface area contributed by atoms with E-state index >= 15 is 0 Å². The Hall–Kier alpha value is -2.99. The van der Waals surface area contributed by atoms with Gasteiger partial charge < -0.3 is 15.0 Å². The van der Waals surface area contributed by atoms with Crippen LogP contribution in [-0.4, -0.2) is 40.0 Å². The fourth-order valence-electron chi connectivity index (χ4n) is 4.49. The minimum Gasteiger partial charge on any atom is -0.381 e. The molecule has 0 saturated heterocycles. The van der Waals surface area contributed by atoms with Crippen molar-refractivity contribution in [3.05, 3.63) is 57.8 Å². The number of halogens is 3. The molecule has 0 bridgehead atoms. The first-order chi connectivity index (χ1) is 15.9. The van der Waals surface area contributed by atoms with Crippen LogP contribution in [0.1, 0.15) is 48.9 Å². The molecule has 1 aliphatic heterocycles. The first-order valence-electron chi connectivity index (χ1n) is 10.6. The number of pyridine rings is 1. The van der Waals surface area contributed by atoms with E-state index in [1.807, 2.05) is 0 Å². The Labute approximate surface area is 192 Å². The van der Waals surface area contributed by atoms with E-state index in [-0.39, 0.29) is 16.9 Å². The molecule has 34 heavy (non-hydrogen) atoms. The summed E-state index contributed by atoms with van der Waals surface area (Å²) in [6.45, 7) is 2.53. The van der Waals surface area contributed by atoms with Gasteiger partial charge in [-0.05, 0) is 38.3 Å². The number of hydrogen-bond acceptors (Lipinski definition) is 7. The minimum atomic E-state index is -5.04. The summed E-state index contributed by atoms with van der Waals surface area (Å²) in [6, 6.07) is 4.36. The van der Waals surface area contributed by atoms with E-state index < -0.39 is 49.9 Å². The third-order valence-electron chi connectivity index (χ3n) is 6.59. The number of rotatable bonds is 5. The molecule has 1 unspecified atom stereocenters. The van der Waals surface area contributed by atoms with Crippen LogP contribution >= 0.6 is 0 Å². The van der Waals surface area contributed by atoms with Crippen molar-refractivity contribution in [3.63, 3.8) is 0 Å². The van der Waals surface area contributed by atoms with Crippen LogP contribution in [0.5, 0.6) is 0 Å². The highest BCUT2D eigenvalue weighted by atomic mass is 32.2. The summed E-state index contributed by atoms with van der Waals surface area (Å²) in [6.07, 6.45) is 0.0257. The molecule has 1 aromatic carbocycles. The molecule has 2 aromatic heterocycles. The van der Waals surface area contributed by atoms with Crippen LogP contribution in [-0.2, 0) is 15.4 Å². The van der Waals surface area contributed by atoms with Crippen LogP contribution in [0.25, 0.3) is 10.9 Å². The second-order valence-corrected chi connectivity index (χ2v) is 10.8. The number of anilines is 1. The van der Waals surface area contributed by atoms with Gasteiger partial charge in [0.25, 0.3) is 5.56 Å². The van der Waals surface area contributed by atoms with Gasteiger partial charge in [0, 0.05) is 17.8 Å². The van der Waals surface area contributed by atoms with Crippen molar-refractivity contribution >= 4 is 26.6 Å². The normalized spacial score (nSPS) is 22.4. The van der Waals surface area contributed by atoms with Crippen molar-refractivity contribution in [2.45, 2.75) is 54.5 Å². The number of aliphatic hydroxyl groups excluding tert-OH is 1. The molecule has 2 aliphatic rings. The maximum Gasteiger partial charge on any atom is 0.379 e. The molecule has 3 heterocycles. The SMILES string of the molecule is Cc1nc(NC(C)c2cccc3c2[C@@H](O)C(F)(F)S3(=O)=O)c2cn(C3(CF)CC3)c(=O)cc2n1. The highest BCUT2D eigenvalue weighted by Gasteiger charge is 2.61. The average molecular weight is 494 g/mol. The number of hydrogen-bond donors (Lipinski definition) is 2. The third-order valence-corrected chi connectivity index (χ3v) is 8.46. The third kappa shape index (κ3) is 3.08. The largest absolute Gasteiger partial charge is 0.381 e. The molecule has 180 valence electrons. The molecule has 0 spiro atoms. The standard InChI is InChI=1S/C22H21F3N4O4S/c1-11(13-4-3-5-16-18(13)19(31)22(24,25)34(16,32)33)26-20-14-9-29(21(10-23)6-7-21)17(30)8-15(14)27-12(2)28-20/h3-5,8-9,11,19,31H,6-7,10H2,1-2H3,(H,26,27,28)/t11?,19-/m1/s1. The van der Waals surface area contributed by atoms with Gasteiger partial charge in [-0.1, -0.05) is 12.1 Å². The number of nitrogens with one attached hydrogen (secondary N) is 1. The van der Waals surface area contributed by atoms with Crippen molar-refractivity contribution in [2.24, 2.45) is 0 Å². The minimum absolute atomic E-state index is 0.158. The van der Waals surface area contributed by atoms with Gasteiger partial charge in [0.15, 0.2) is 6.10 Å².